The summed E-state index contributed by atoms with van der Waals surface area (Å²) in [6.45, 7) is 2.01. The highest BCUT2D eigenvalue weighted by molar-refractivity contribution is 9.10. The fraction of sp³-hybridized carbons (Fsp3) is 0.500. The first-order valence-electron chi connectivity index (χ1n) is 5.49. The molecule has 0 aliphatic carbocycles. The van der Waals surface area contributed by atoms with Gasteiger partial charge >= 0.3 is 0 Å². The quantitative estimate of drug-likeness (QED) is 0.907. The van der Waals surface area contributed by atoms with Gasteiger partial charge in [0, 0.05) is 22.5 Å². The number of hydrogen-bond donors (Lipinski definition) is 1. The Kier molecular flexibility index (Phi) is 5.16. The van der Waals surface area contributed by atoms with Crippen molar-refractivity contribution < 1.29 is 8.42 Å². The van der Waals surface area contributed by atoms with Crippen molar-refractivity contribution in [3.05, 3.63) is 33.8 Å². The topological polar surface area (TPSA) is 60.2 Å². The Morgan fingerprint density at radius 2 is 2.06 bits per heavy atom. The standard InChI is InChI=1S/C12H18BrNO2S/c1-9-8-10(5-6-11(9)13)12(14)4-3-7-17(2,15)16/h5-6,8,12H,3-4,7,14H2,1-2H3. The van der Waals surface area contributed by atoms with E-state index in [1.165, 1.54) is 6.26 Å². The second kappa shape index (κ2) is 5.98. The van der Waals surface area contributed by atoms with Crippen LogP contribution < -0.4 is 5.73 Å². The average molecular weight is 320 g/mol. The highest BCUT2D eigenvalue weighted by Crippen LogP contribution is 2.22. The molecule has 0 spiro atoms. The summed E-state index contributed by atoms with van der Waals surface area (Å²) in [6, 6.07) is 5.89. The van der Waals surface area contributed by atoms with E-state index in [0.29, 0.717) is 12.8 Å². The molecule has 0 saturated carbocycles. The van der Waals surface area contributed by atoms with Gasteiger partial charge in [-0.15, -0.1) is 0 Å². The van der Waals surface area contributed by atoms with Crippen LogP contribution in [0, 0.1) is 6.92 Å². The van der Waals surface area contributed by atoms with E-state index in [2.05, 4.69) is 15.9 Å². The van der Waals surface area contributed by atoms with Crippen LogP contribution in [0.3, 0.4) is 0 Å². The molecule has 3 nitrogen and oxygen atoms in total. The third-order valence-corrected chi connectivity index (χ3v) is 4.56. The van der Waals surface area contributed by atoms with Gasteiger partial charge in [0.25, 0.3) is 0 Å². The number of rotatable bonds is 5. The second-order valence-corrected chi connectivity index (χ2v) is 7.50. The molecule has 1 atom stereocenters. The number of aryl methyl sites for hydroxylation is 1. The minimum atomic E-state index is -2.88. The molecule has 0 aliphatic heterocycles. The molecule has 1 unspecified atom stereocenters. The van der Waals surface area contributed by atoms with Gasteiger partial charge in [-0.25, -0.2) is 8.42 Å². The molecule has 0 aromatic heterocycles. The van der Waals surface area contributed by atoms with Crippen molar-refractivity contribution in [1.29, 1.82) is 0 Å². The van der Waals surface area contributed by atoms with Crippen LogP contribution in [0.25, 0.3) is 0 Å². The number of hydrogen-bond acceptors (Lipinski definition) is 3. The predicted octanol–water partition coefficient (Wildman–Crippen LogP) is 2.58. The molecule has 0 saturated heterocycles. The van der Waals surface area contributed by atoms with Crippen LogP contribution in [0.2, 0.25) is 0 Å². The molecule has 0 bridgehead atoms. The number of sulfone groups is 1. The van der Waals surface area contributed by atoms with Crippen LogP contribution in [0.1, 0.15) is 30.0 Å². The van der Waals surface area contributed by atoms with Gasteiger partial charge in [0.2, 0.25) is 0 Å². The van der Waals surface area contributed by atoms with Crippen molar-refractivity contribution >= 4 is 25.8 Å². The Morgan fingerprint density at radius 3 is 2.59 bits per heavy atom. The first kappa shape index (κ1) is 14.7. The summed E-state index contributed by atoms with van der Waals surface area (Å²) in [5.74, 6) is 0.205. The van der Waals surface area contributed by atoms with Gasteiger partial charge in [0.05, 0.1) is 0 Å². The van der Waals surface area contributed by atoms with Crippen LogP contribution in [0.15, 0.2) is 22.7 Å². The Bertz CT molecular complexity index is 485. The van der Waals surface area contributed by atoms with E-state index in [1.54, 1.807) is 0 Å². The Labute approximate surface area is 111 Å². The lowest BCUT2D eigenvalue weighted by Crippen LogP contribution is -2.13. The van der Waals surface area contributed by atoms with E-state index >= 15 is 0 Å². The molecule has 1 aromatic rings. The lowest BCUT2D eigenvalue weighted by molar-refractivity contribution is 0.588. The van der Waals surface area contributed by atoms with Crippen molar-refractivity contribution in [2.45, 2.75) is 25.8 Å². The summed E-state index contributed by atoms with van der Waals surface area (Å²) in [4.78, 5) is 0. The molecule has 0 amide bonds. The van der Waals surface area contributed by atoms with E-state index < -0.39 is 9.84 Å². The summed E-state index contributed by atoms with van der Waals surface area (Å²) in [6.07, 6.45) is 2.55. The maximum absolute atomic E-state index is 11.0. The lowest BCUT2D eigenvalue weighted by Gasteiger charge is -2.13. The van der Waals surface area contributed by atoms with Gasteiger partial charge in [-0.3, -0.25) is 0 Å². The third kappa shape index (κ3) is 5.19. The highest BCUT2D eigenvalue weighted by atomic mass is 79.9. The van der Waals surface area contributed by atoms with Gasteiger partial charge in [-0.2, -0.15) is 0 Å². The largest absolute Gasteiger partial charge is 0.324 e. The van der Waals surface area contributed by atoms with Crippen LogP contribution >= 0.6 is 15.9 Å². The number of benzene rings is 1. The third-order valence-electron chi connectivity index (χ3n) is 2.64. The zero-order valence-electron chi connectivity index (χ0n) is 10.1. The zero-order chi connectivity index (χ0) is 13.1. The van der Waals surface area contributed by atoms with E-state index in [-0.39, 0.29) is 11.8 Å². The molecule has 0 radical (unpaired) electrons. The first-order valence-corrected chi connectivity index (χ1v) is 8.34. The van der Waals surface area contributed by atoms with E-state index in [0.717, 1.165) is 15.6 Å². The first-order chi connectivity index (χ1) is 7.79. The Morgan fingerprint density at radius 1 is 1.41 bits per heavy atom. The molecule has 5 heteroatoms. The summed E-state index contributed by atoms with van der Waals surface area (Å²) >= 11 is 3.44. The predicted molar refractivity (Wildman–Crippen MR) is 74.8 cm³/mol. The number of nitrogens with two attached hydrogens (primary N) is 1. The molecule has 1 rings (SSSR count). The average Bonchev–Trinajstić information content (AvgIpc) is 2.20. The van der Waals surface area contributed by atoms with Crippen LogP contribution in [0.4, 0.5) is 0 Å². The fourth-order valence-corrected chi connectivity index (χ4v) is 2.57. The molecular weight excluding hydrogens is 302 g/mol. The van der Waals surface area contributed by atoms with Crippen molar-refractivity contribution in [2.75, 3.05) is 12.0 Å². The van der Waals surface area contributed by atoms with Gasteiger partial charge in [0.15, 0.2) is 0 Å². The molecule has 17 heavy (non-hydrogen) atoms. The minimum absolute atomic E-state index is 0.0939. The molecule has 2 N–H and O–H groups in total. The van der Waals surface area contributed by atoms with Crippen LogP contribution in [-0.2, 0) is 9.84 Å². The fourth-order valence-electron chi connectivity index (χ4n) is 1.63. The minimum Gasteiger partial charge on any atom is -0.324 e. The van der Waals surface area contributed by atoms with Crippen LogP contribution in [-0.4, -0.2) is 20.4 Å². The van der Waals surface area contributed by atoms with Gasteiger partial charge in [-0.1, -0.05) is 28.1 Å². The van der Waals surface area contributed by atoms with Crippen molar-refractivity contribution in [3.63, 3.8) is 0 Å². The number of halogens is 1. The summed E-state index contributed by atoms with van der Waals surface area (Å²) in [5.41, 5.74) is 8.23. The Hall–Kier alpha value is -0.390. The van der Waals surface area contributed by atoms with E-state index in [4.69, 9.17) is 5.73 Å². The highest BCUT2D eigenvalue weighted by Gasteiger charge is 2.09. The summed E-state index contributed by atoms with van der Waals surface area (Å²) in [5, 5.41) is 0. The molecular formula is C12H18BrNO2S. The van der Waals surface area contributed by atoms with Crippen molar-refractivity contribution in [3.8, 4) is 0 Å². The Balaban J connectivity index is 2.58. The maximum atomic E-state index is 11.0. The van der Waals surface area contributed by atoms with Gasteiger partial charge in [-0.05, 0) is 37.0 Å². The second-order valence-electron chi connectivity index (χ2n) is 4.39. The molecule has 0 heterocycles. The zero-order valence-corrected chi connectivity index (χ0v) is 12.5. The summed E-state index contributed by atoms with van der Waals surface area (Å²) < 4.78 is 23.1. The van der Waals surface area contributed by atoms with Gasteiger partial charge < -0.3 is 5.73 Å². The smallest absolute Gasteiger partial charge is 0.147 e. The normalized spacial score (nSPS) is 13.6. The van der Waals surface area contributed by atoms with Crippen LogP contribution in [0.5, 0.6) is 0 Å². The van der Waals surface area contributed by atoms with Crippen molar-refractivity contribution in [2.24, 2.45) is 5.73 Å². The molecule has 96 valence electrons. The lowest BCUT2D eigenvalue weighted by atomic mass is 10.0. The SMILES string of the molecule is Cc1cc(C(N)CCCS(C)(=O)=O)ccc1Br. The molecule has 0 aliphatic rings. The monoisotopic (exact) mass is 319 g/mol. The molecule has 0 fully saturated rings. The van der Waals surface area contributed by atoms with E-state index in [9.17, 15) is 8.42 Å². The van der Waals surface area contributed by atoms with Gasteiger partial charge in [0.1, 0.15) is 9.84 Å². The van der Waals surface area contributed by atoms with E-state index in [1.807, 2.05) is 25.1 Å². The molecule has 1 aromatic carbocycles. The summed E-state index contributed by atoms with van der Waals surface area (Å²) in [7, 11) is -2.88. The van der Waals surface area contributed by atoms with Crippen molar-refractivity contribution in [1.82, 2.24) is 0 Å². The maximum Gasteiger partial charge on any atom is 0.147 e.